The highest BCUT2D eigenvalue weighted by Gasteiger charge is 2.30. The molecular weight excluding hydrogens is 586 g/mol. The van der Waals surface area contributed by atoms with E-state index in [4.69, 9.17) is 28.4 Å². The zero-order valence-corrected chi connectivity index (χ0v) is 27.5. The summed E-state index contributed by atoms with van der Waals surface area (Å²) >= 11 is 0. The molecule has 1 N–H and O–H groups in total. The molecule has 3 aromatic carbocycles. The van der Waals surface area contributed by atoms with Crippen molar-refractivity contribution < 1.29 is 42.2 Å². The van der Waals surface area contributed by atoms with E-state index < -0.39 is 40.6 Å². The van der Waals surface area contributed by atoms with Crippen LogP contribution in [0.25, 0.3) is 11.1 Å². The van der Waals surface area contributed by atoms with Crippen LogP contribution < -0.4 is 19.5 Å². The first-order valence-electron chi connectivity index (χ1n) is 13.8. The number of esters is 1. The Morgan fingerprint density at radius 2 is 1.52 bits per heavy atom. The molecule has 0 radical (unpaired) electrons. The van der Waals surface area contributed by atoms with Gasteiger partial charge in [-0.05, 0) is 69.2 Å². The van der Waals surface area contributed by atoms with Crippen molar-refractivity contribution in [3.63, 3.8) is 0 Å². The van der Waals surface area contributed by atoms with E-state index in [0.717, 1.165) is 5.56 Å². The van der Waals surface area contributed by atoms with E-state index >= 15 is 0 Å². The van der Waals surface area contributed by atoms with Gasteiger partial charge in [-0.2, -0.15) is 0 Å². The van der Waals surface area contributed by atoms with E-state index in [1.807, 2.05) is 31.2 Å². The molecule has 0 spiro atoms. The van der Waals surface area contributed by atoms with Gasteiger partial charge in [-0.3, -0.25) is 4.21 Å². The fraction of sp³-hybridized carbons (Fsp3) is 0.394. The molecule has 0 saturated carbocycles. The van der Waals surface area contributed by atoms with Crippen LogP contribution in [0.3, 0.4) is 0 Å². The van der Waals surface area contributed by atoms with Crippen molar-refractivity contribution in [3.05, 3.63) is 71.3 Å². The number of nitrogens with one attached hydrogen (secondary N) is 1. The quantitative estimate of drug-likeness (QED) is 0.244. The Morgan fingerprint density at radius 3 is 2.07 bits per heavy atom. The first kappa shape index (κ1) is 34.4. The lowest BCUT2D eigenvalue weighted by atomic mass is 9.92. The second-order valence-corrected chi connectivity index (χ2v) is 12.4. The van der Waals surface area contributed by atoms with Crippen molar-refractivity contribution in [1.29, 1.82) is 0 Å². The highest BCUT2D eigenvalue weighted by atomic mass is 32.2. The average Bonchev–Trinajstić information content (AvgIpc) is 3.00. The predicted molar refractivity (Wildman–Crippen MR) is 168 cm³/mol. The third-order valence-corrected chi connectivity index (χ3v) is 8.11. The Hall–Kier alpha value is -4.09. The molecule has 0 aliphatic rings. The van der Waals surface area contributed by atoms with Crippen molar-refractivity contribution in [2.75, 3.05) is 41.3 Å². The van der Waals surface area contributed by atoms with Crippen LogP contribution in [0.5, 0.6) is 17.2 Å². The minimum atomic E-state index is -1.41. The van der Waals surface area contributed by atoms with Gasteiger partial charge in [0.1, 0.15) is 22.8 Å². The molecule has 0 bridgehead atoms. The lowest BCUT2D eigenvalue weighted by Gasteiger charge is -2.25. The van der Waals surface area contributed by atoms with Crippen LogP contribution in [0.1, 0.15) is 49.6 Å². The molecule has 238 valence electrons. The van der Waals surface area contributed by atoms with Crippen molar-refractivity contribution in [1.82, 2.24) is 5.32 Å². The number of hydrogen-bond donors (Lipinski definition) is 1. The maximum Gasteiger partial charge on any atom is 0.408 e. The third-order valence-electron chi connectivity index (χ3n) is 6.70. The summed E-state index contributed by atoms with van der Waals surface area (Å²) in [7, 11) is 5.94. The van der Waals surface area contributed by atoms with Crippen molar-refractivity contribution in [2.45, 2.75) is 50.3 Å². The van der Waals surface area contributed by atoms with Gasteiger partial charge in [-0.25, -0.2) is 9.59 Å². The molecule has 0 fully saturated rings. The van der Waals surface area contributed by atoms with E-state index in [1.54, 1.807) is 58.2 Å². The number of carbonyl (C=O) groups excluding carboxylic acids is 2. The highest BCUT2D eigenvalue weighted by molar-refractivity contribution is 7.85. The fourth-order valence-electron chi connectivity index (χ4n) is 4.56. The zero-order chi connectivity index (χ0) is 32.6. The molecule has 1 unspecified atom stereocenters. The average molecular weight is 628 g/mol. The Labute approximate surface area is 261 Å². The monoisotopic (exact) mass is 627 g/mol. The van der Waals surface area contributed by atoms with Crippen molar-refractivity contribution in [3.8, 4) is 28.4 Å². The van der Waals surface area contributed by atoms with Gasteiger partial charge in [-0.15, -0.1) is 0 Å². The number of alkyl carbamates (subject to hydrolysis) is 1. The van der Waals surface area contributed by atoms with Gasteiger partial charge in [0.2, 0.25) is 0 Å². The standard InChI is InChI=1S/C33H41NO9S/c1-20-10-13-23(14-11-20)44(37)19-28(41-8)25-17-22(38-5)18-27(40-7)29(25)24-16-21(12-15-26(24)39-6)30(31(35)42-9)34-32(36)43-33(2,3)4/h10-18,28,30H,19H2,1-9H3,(H,34,36)/t28-,30+,44?/m0/s1. The Bertz CT molecular complexity index is 1480. The lowest BCUT2D eigenvalue weighted by Crippen LogP contribution is -2.38. The normalized spacial score (nSPS) is 13.3. The highest BCUT2D eigenvalue weighted by Crippen LogP contribution is 2.45. The van der Waals surface area contributed by atoms with E-state index in [0.29, 0.717) is 44.4 Å². The first-order chi connectivity index (χ1) is 20.8. The topological polar surface area (TPSA) is 119 Å². The summed E-state index contributed by atoms with van der Waals surface area (Å²) in [5, 5.41) is 2.61. The molecular formula is C33H41NO9S. The number of hydrogen-bond acceptors (Lipinski definition) is 9. The van der Waals surface area contributed by atoms with Crippen LogP contribution in [0, 0.1) is 6.92 Å². The molecule has 3 atom stereocenters. The van der Waals surface area contributed by atoms with Gasteiger partial charge >= 0.3 is 12.1 Å². The summed E-state index contributed by atoms with van der Waals surface area (Å²) in [5.41, 5.74) is 2.40. The number of benzene rings is 3. The number of aryl methyl sites for hydroxylation is 1. The fourth-order valence-corrected chi connectivity index (χ4v) is 5.79. The maximum atomic E-state index is 13.5. The van der Waals surface area contributed by atoms with E-state index in [1.165, 1.54) is 28.4 Å². The SMILES string of the molecule is COC(=O)[C@H](NC(=O)OC(C)(C)C)c1ccc(OC)c(-c2c(OC)cc(OC)cc2[C@H](CS(=O)c2ccc(C)cc2)OC)c1. The number of carbonyl (C=O) groups is 2. The van der Waals surface area contributed by atoms with Crippen LogP contribution >= 0.6 is 0 Å². The number of amides is 1. The number of rotatable bonds is 12. The molecule has 0 saturated heterocycles. The minimum Gasteiger partial charge on any atom is -0.497 e. The zero-order valence-electron chi connectivity index (χ0n) is 26.6. The van der Waals surface area contributed by atoms with Gasteiger partial charge in [0.05, 0.1) is 51.1 Å². The number of ether oxygens (including phenoxy) is 6. The van der Waals surface area contributed by atoms with E-state index in [-0.39, 0.29) is 5.75 Å². The van der Waals surface area contributed by atoms with Crippen LogP contribution in [0.15, 0.2) is 59.5 Å². The second kappa shape index (κ2) is 15.1. The van der Waals surface area contributed by atoms with Gasteiger partial charge in [0, 0.05) is 29.2 Å². The summed E-state index contributed by atoms with van der Waals surface area (Å²) in [6.45, 7) is 7.14. The van der Waals surface area contributed by atoms with Crippen LogP contribution in [0.4, 0.5) is 4.79 Å². The second-order valence-electron chi connectivity index (χ2n) is 10.9. The summed E-state index contributed by atoms with van der Waals surface area (Å²) in [5.74, 6) is 0.812. The largest absolute Gasteiger partial charge is 0.497 e. The lowest BCUT2D eigenvalue weighted by molar-refractivity contribution is -0.143. The molecule has 11 heteroatoms. The van der Waals surface area contributed by atoms with Gasteiger partial charge in [0.25, 0.3) is 0 Å². The molecule has 0 aliphatic carbocycles. The first-order valence-corrected chi connectivity index (χ1v) is 15.2. The Balaban J connectivity index is 2.20. The van der Waals surface area contributed by atoms with Crippen LogP contribution in [0.2, 0.25) is 0 Å². The molecule has 10 nitrogen and oxygen atoms in total. The molecule has 3 aromatic rings. The molecule has 44 heavy (non-hydrogen) atoms. The van der Waals surface area contributed by atoms with Crippen molar-refractivity contribution >= 4 is 22.9 Å². The summed E-state index contributed by atoms with van der Waals surface area (Å²) < 4.78 is 46.9. The van der Waals surface area contributed by atoms with E-state index in [2.05, 4.69) is 5.32 Å². The molecule has 1 amide bonds. The van der Waals surface area contributed by atoms with Crippen LogP contribution in [-0.2, 0) is 29.8 Å². The predicted octanol–water partition coefficient (Wildman–Crippen LogP) is 5.92. The summed E-state index contributed by atoms with van der Waals surface area (Å²) in [6.07, 6.45) is -1.45. The molecule has 0 heterocycles. The maximum absolute atomic E-state index is 13.5. The molecule has 0 aromatic heterocycles. The number of methoxy groups -OCH3 is 5. The van der Waals surface area contributed by atoms with Gasteiger partial charge in [-0.1, -0.05) is 23.8 Å². The van der Waals surface area contributed by atoms with E-state index in [9.17, 15) is 13.8 Å². The van der Waals surface area contributed by atoms with Crippen molar-refractivity contribution in [2.24, 2.45) is 0 Å². The molecule has 3 rings (SSSR count). The molecule has 0 aliphatic heterocycles. The van der Waals surface area contributed by atoms with Crippen LogP contribution in [-0.4, -0.2) is 63.2 Å². The smallest absolute Gasteiger partial charge is 0.408 e. The third kappa shape index (κ3) is 8.51. The summed E-state index contributed by atoms with van der Waals surface area (Å²) in [6, 6.07) is 14.8. The van der Waals surface area contributed by atoms with Gasteiger partial charge in [0.15, 0.2) is 6.04 Å². The Kier molecular flexibility index (Phi) is 11.8. The summed E-state index contributed by atoms with van der Waals surface area (Å²) in [4.78, 5) is 26.3. The van der Waals surface area contributed by atoms with Gasteiger partial charge < -0.3 is 33.7 Å². The minimum absolute atomic E-state index is 0.135. The Morgan fingerprint density at radius 1 is 0.864 bits per heavy atom.